The molecule has 122 valence electrons. The molecule has 0 aliphatic rings. The number of primary amides is 1. The van der Waals surface area contributed by atoms with Gasteiger partial charge in [-0.2, -0.15) is 0 Å². The molecule has 7 nitrogen and oxygen atoms in total. The molecule has 0 aliphatic carbocycles. The minimum absolute atomic E-state index is 0.107. The molecule has 1 heterocycles. The van der Waals surface area contributed by atoms with Crippen molar-refractivity contribution < 1.29 is 24.2 Å². The number of carboxylic acid groups (broad SMARTS) is 1. The first-order chi connectivity index (χ1) is 10.7. The molecular formula is C16H18N2O5. The number of rotatable bonds is 6. The summed E-state index contributed by atoms with van der Waals surface area (Å²) in [6.45, 7) is 5.07. The first-order valence-corrected chi connectivity index (χ1v) is 7.09. The highest BCUT2D eigenvalue weighted by atomic mass is 16.5. The van der Waals surface area contributed by atoms with Gasteiger partial charge in [-0.25, -0.2) is 4.79 Å². The number of aromatic nitrogens is 1. The minimum Gasteiger partial charge on any atom is -0.478 e. The summed E-state index contributed by atoms with van der Waals surface area (Å²) in [5.41, 5.74) is 6.24. The molecule has 2 aromatic rings. The molecule has 0 saturated carbocycles. The molecule has 1 aromatic heterocycles. The Kier molecular flexibility index (Phi) is 4.40. The van der Waals surface area contributed by atoms with Gasteiger partial charge < -0.3 is 20.6 Å². The number of ether oxygens (including phenoxy) is 1. The van der Waals surface area contributed by atoms with E-state index >= 15 is 0 Å². The van der Waals surface area contributed by atoms with Crippen molar-refractivity contribution in [3.05, 3.63) is 29.5 Å². The zero-order valence-electron chi connectivity index (χ0n) is 13.0. The number of hydrogen-bond acceptors (Lipinski definition) is 4. The number of aryl methyl sites for hydroxylation is 1. The van der Waals surface area contributed by atoms with Crippen molar-refractivity contribution in [3.8, 4) is 5.75 Å². The van der Waals surface area contributed by atoms with Gasteiger partial charge in [0.2, 0.25) is 0 Å². The molecule has 7 heteroatoms. The van der Waals surface area contributed by atoms with Crippen LogP contribution in [0.2, 0.25) is 0 Å². The summed E-state index contributed by atoms with van der Waals surface area (Å²) in [6.07, 6.45) is -1.08. The molecule has 1 unspecified atom stereocenters. The molecule has 0 fully saturated rings. The number of aromatic amines is 1. The van der Waals surface area contributed by atoms with Gasteiger partial charge in [-0.1, -0.05) is 19.9 Å². The summed E-state index contributed by atoms with van der Waals surface area (Å²) < 4.78 is 5.61. The van der Waals surface area contributed by atoms with Crippen LogP contribution in [0.1, 0.15) is 29.9 Å². The third-order valence-electron chi connectivity index (χ3n) is 3.53. The Balaban J connectivity index is 2.63. The lowest BCUT2D eigenvalue weighted by molar-refractivity contribution is -0.147. The molecule has 0 aliphatic heterocycles. The average molecular weight is 318 g/mol. The number of ketones is 1. The summed E-state index contributed by atoms with van der Waals surface area (Å²) in [6, 6.07) is 4.94. The Morgan fingerprint density at radius 3 is 2.43 bits per heavy atom. The van der Waals surface area contributed by atoms with E-state index in [0.29, 0.717) is 16.6 Å². The van der Waals surface area contributed by atoms with E-state index in [4.69, 9.17) is 10.5 Å². The van der Waals surface area contributed by atoms with Crippen LogP contribution in [0.3, 0.4) is 0 Å². The summed E-state index contributed by atoms with van der Waals surface area (Å²) in [7, 11) is 0. The number of Topliss-reactive ketones (excluding diaryl/α,β-unsaturated/α-hetero) is 1. The Hall–Kier alpha value is -2.83. The second-order valence-electron chi connectivity index (χ2n) is 5.62. The Labute approximate surface area is 132 Å². The maximum atomic E-state index is 12.1. The maximum Gasteiger partial charge on any atom is 0.345 e. The van der Waals surface area contributed by atoms with Crippen LogP contribution in [0.15, 0.2) is 18.2 Å². The smallest absolute Gasteiger partial charge is 0.345 e. The minimum atomic E-state index is -1.10. The predicted octanol–water partition coefficient (Wildman–Crippen LogP) is 1.63. The topological polar surface area (TPSA) is 122 Å². The second-order valence-corrected chi connectivity index (χ2v) is 5.62. The zero-order valence-corrected chi connectivity index (χ0v) is 13.0. The molecule has 0 spiro atoms. The average Bonchev–Trinajstić information content (AvgIpc) is 2.79. The first-order valence-electron chi connectivity index (χ1n) is 7.09. The molecule has 0 radical (unpaired) electrons. The number of nitrogens with one attached hydrogen (secondary N) is 1. The van der Waals surface area contributed by atoms with E-state index < -0.39 is 23.8 Å². The molecule has 23 heavy (non-hydrogen) atoms. The van der Waals surface area contributed by atoms with Crippen LogP contribution in [-0.2, 0) is 9.59 Å². The maximum absolute atomic E-state index is 12.1. The van der Waals surface area contributed by atoms with Crippen LogP contribution in [0.5, 0.6) is 5.75 Å². The second kappa shape index (κ2) is 6.12. The number of carbonyl (C=O) groups excluding carboxylic acids is 2. The summed E-state index contributed by atoms with van der Waals surface area (Å²) in [5, 5.41) is 9.64. The fourth-order valence-corrected chi connectivity index (χ4v) is 2.46. The van der Waals surface area contributed by atoms with E-state index in [1.165, 1.54) is 0 Å². The van der Waals surface area contributed by atoms with Crippen molar-refractivity contribution >= 4 is 28.6 Å². The van der Waals surface area contributed by atoms with E-state index in [2.05, 4.69) is 4.98 Å². The monoisotopic (exact) mass is 318 g/mol. The van der Waals surface area contributed by atoms with Crippen LogP contribution in [0.25, 0.3) is 10.9 Å². The zero-order chi connectivity index (χ0) is 17.3. The van der Waals surface area contributed by atoms with Crippen LogP contribution in [0, 0.1) is 12.8 Å². The lowest BCUT2D eigenvalue weighted by Gasteiger charge is -2.19. The molecule has 4 N–H and O–H groups in total. The lowest BCUT2D eigenvalue weighted by atomic mass is 10.0. The predicted molar refractivity (Wildman–Crippen MR) is 83.5 cm³/mol. The van der Waals surface area contributed by atoms with Gasteiger partial charge in [0.05, 0.1) is 16.5 Å². The highest BCUT2D eigenvalue weighted by Gasteiger charge is 2.27. The van der Waals surface area contributed by atoms with E-state index in [-0.39, 0.29) is 17.2 Å². The van der Waals surface area contributed by atoms with E-state index in [9.17, 15) is 19.5 Å². The Morgan fingerprint density at radius 1 is 1.26 bits per heavy atom. The van der Waals surface area contributed by atoms with Crippen LogP contribution in [0.4, 0.5) is 0 Å². The third kappa shape index (κ3) is 3.03. The van der Waals surface area contributed by atoms with Gasteiger partial charge in [-0.15, -0.1) is 0 Å². The van der Waals surface area contributed by atoms with Crippen molar-refractivity contribution in [2.45, 2.75) is 26.9 Å². The standard InChI is InChI=1S/C16H18N2O5/c1-7(2)14(16(21)22)23-10-6-4-5-9-12(10)11(8(3)18-9)13(19)15(17)20/h4-7,14,18H,1-3H3,(H2,17,20)(H,21,22). The molecule has 1 amide bonds. The largest absolute Gasteiger partial charge is 0.478 e. The van der Waals surface area contributed by atoms with Crippen molar-refractivity contribution in [1.29, 1.82) is 0 Å². The quantitative estimate of drug-likeness (QED) is 0.552. The number of benzene rings is 1. The number of nitrogens with two attached hydrogens (primary N) is 1. The summed E-state index contributed by atoms with van der Waals surface area (Å²) in [5.74, 6) is -3.09. The molecule has 0 bridgehead atoms. The van der Waals surface area contributed by atoms with Crippen molar-refractivity contribution in [3.63, 3.8) is 0 Å². The van der Waals surface area contributed by atoms with Gasteiger partial charge in [-0.05, 0) is 19.1 Å². The van der Waals surface area contributed by atoms with Crippen molar-refractivity contribution in [1.82, 2.24) is 4.98 Å². The first kappa shape index (κ1) is 16.5. The highest BCUT2D eigenvalue weighted by Crippen LogP contribution is 2.32. The summed E-state index contributed by atoms with van der Waals surface area (Å²) in [4.78, 5) is 37.7. The fraction of sp³-hybridized carbons (Fsp3) is 0.312. The highest BCUT2D eigenvalue weighted by molar-refractivity contribution is 6.45. The van der Waals surface area contributed by atoms with Gasteiger partial charge in [0.15, 0.2) is 6.10 Å². The number of aliphatic carboxylic acids is 1. The van der Waals surface area contributed by atoms with E-state index in [1.807, 2.05) is 0 Å². The number of fused-ring (bicyclic) bond motifs is 1. The van der Waals surface area contributed by atoms with Crippen LogP contribution < -0.4 is 10.5 Å². The van der Waals surface area contributed by atoms with E-state index in [0.717, 1.165) is 0 Å². The summed E-state index contributed by atoms with van der Waals surface area (Å²) >= 11 is 0. The SMILES string of the molecule is Cc1[nH]c2cccc(OC(C(=O)O)C(C)C)c2c1C(=O)C(N)=O. The molecule has 1 aromatic carbocycles. The number of amides is 1. The van der Waals surface area contributed by atoms with Crippen molar-refractivity contribution in [2.24, 2.45) is 11.7 Å². The van der Waals surface area contributed by atoms with Gasteiger partial charge >= 0.3 is 5.97 Å². The number of hydrogen-bond donors (Lipinski definition) is 3. The molecule has 2 rings (SSSR count). The molecule has 0 saturated heterocycles. The third-order valence-corrected chi connectivity index (χ3v) is 3.53. The van der Waals surface area contributed by atoms with Crippen molar-refractivity contribution in [2.75, 3.05) is 0 Å². The van der Waals surface area contributed by atoms with E-state index in [1.54, 1.807) is 39.0 Å². The Morgan fingerprint density at radius 2 is 1.91 bits per heavy atom. The number of H-pyrrole nitrogens is 1. The molecular weight excluding hydrogens is 300 g/mol. The Bertz CT molecular complexity index is 791. The van der Waals surface area contributed by atoms with Gasteiger partial charge in [-0.3, -0.25) is 9.59 Å². The number of carboxylic acids is 1. The van der Waals surface area contributed by atoms with Gasteiger partial charge in [0, 0.05) is 11.6 Å². The van der Waals surface area contributed by atoms with Crippen LogP contribution in [-0.4, -0.2) is 33.9 Å². The van der Waals surface area contributed by atoms with Crippen LogP contribution >= 0.6 is 0 Å². The van der Waals surface area contributed by atoms with Gasteiger partial charge in [0.25, 0.3) is 11.7 Å². The normalized spacial score (nSPS) is 12.3. The van der Waals surface area contributed by atoms with Gasteiger partial charge in [0.1, 0.15) is 5.75 Å². The molecule has 1 atom stereocenters. The fourth-order valence-electron chi connectivity index (χ4n) is 2.46. The lowest BCUT2D eigenvalue weighted by Crippen LogP contribution is -2.32. The number of carbonyl (C=O) groups is 3.